The van der Waals surface area contributed by atoms with Gasteiger partial charge in [0.15, 0.2) is 0 Å². The SMILES string of the molecule is C=CCCCCCNc1nc(N2CCCCCC2)ccc1C(=N)C(=O)NC1CCN(CCC)CC1. The Bertz CT molecular complexity index is 810. The number of hydrogen-bond acceptors (Lipinski definition) is 6. The largest absolute Gasteiger partial charge is 0.369 e. The first-order valence-corrected chi connectivity index (χ1v) is 13.8. The van der Waals surface area contributed by atoms with Gasteiger partial charge in [0.1, 0.15) is 17.3 Å². The number of unbranched alkanes of at least 4 members (excludes halogenated alkanes) is 3. The summed E-state index contributed by atoms with van der Waals surface area (Å²) < 4.78 is 0. The van der Waals surface area contributed by atoms with E-state index >= 15 is 0 Å². The summed E-state index contributed by atoms with van der Waals surface area (Å²) in [6.07, 6.45) is 14.2. The van der Waals surface area contributed by atoms with Crippen molar-refractivity contribution < 1.29 is 4.79 Å². The van der Waals surface area contributed by atoms with Crippen LogP contribution in [0.4, 0.5) is 11.6 Å². The van der Waals surface area contributed by atoms with Crippen molar-refractivity contribution in [2.24, 2.45) is 0 Å². The third-order valence-electron chi connectivity index (χ3n) is 7.15. The van der Waals surface area contributed by atoms with Gasteiger partial charge in [-0.2, -0.15) is 0 Å². The monoisotopic (exact) mass is 482 g/mol. The molecule has 0 aliphatic carbocycles. The number of rotatable bonds is 13. The van der Waals surface area contributed by atoms with E-state index in [9.17, 15) is 4.79 Å². The van der Waals surface area contributed by atoms with Gasteiger partial charge in [-0.1, -0.05) is 32.3 Å². The molecule has 1 aromatic rings. The van der Waals surface area contributed by atoms with Gasteiger partial charge in [0.05, 0.1) is 0 Å². The van der Waals surface area contributed by atoms with Crippen LogP contribution < -0.4 is 15.5 Å². The van der Waals surface area contributed by atoms with Crippen molar-refractivity contribution in [2.45, 2.75) is 83.6 Å². The van der Waals surface area contributed by atoms with Crippen molar-refractivity contribution >= 4 is 23.3 Å². The van der Waals surface area contributed by atoms with Gasteiger partial charge in [-0.3, -0.25) is 10.2 Å². The van der Waals surface area contributed by atoms with E-state index in [-0.39, 0.29) is 17.7 Å². The maximum Gasteiger partial charge on any atom is 0.270 e. The van der Waals surface area contributed by atoms with E-state index in [2.05, 4.69) is 33.9 Å². The highest BCUT2D eigenvalue weighted by molar-refractivity contribution is 6.45. The fraction of sp³-hybridized carbons (Fsp3) is 0.679. The molecule has 0 unspecified atom stereocenters. The number of piperidine rings is 1. The molecule has 0 atom stereocenters. The molecule has 2 saturated heterocycles. The minimum Gasteiger partial charge on any atom is -0.369 e. The number of allylic oxidation sites excluding steroid dienone is 1. The maximum atomic E-state index is 13.0. The van der Waals surface area contributed by atoms with Gasteiger partial charge >= 0.3 is 0 Å². The summed E-state index contributed by atoms with van der Waals surface area (Å²) in [5.74, 6) is 1.31. The summed E-state index contributed by atoms with van der Waals surface area (Å²) in [5.41, 5.74) is 0.598. The number of carbonyl (C=O) groups excluding carboxylic acids is 1. The van der Waals surface area contributed by atoms with E-state index < -0.39 is 0 Å². The molecule has 3 heterocycles. The van der Waals surface area contributed by atoms with Crippen molar-refractivity contribution in [3.63, 3.8) is 0 Å². The Morgan fingerprint density at radius 1 is 1.11 bits per heavy atom. The molecule has 2 fully saturated rings. The molecule has 35 heavy (non-hydrogen) atoms. The quantitative estimate of drug-likeness (QED) is 0.210. The Kier molecular flexibility index (Phi) is 11.5. The van der Waals surface area contributed by atoms with Crippen LogP contribution in [0.15, 0.2) is 24.8 Å². The fourth-order valence-corrected chi connectivity index (χ4v) is 5.06. The van der Waals surface area contributed by atoms with Crippen molar-refractivity contribution in [3.8, 4) is 0 Å². The van der Waals surface area contributed by atoms with Gasteiger partial charge in [-0.05, 0) is 70.0 Å². The van der Waals surface area contributed by atoms with E-state index in [0.29, 0.717) is 11.4 Å². The summed E-state index contributed by atoms with van der Waals surface area (Å²) in [5, 5.41) is 15.3. The van der Waals surface area contributed by atoms with Gasteiger partial charge in [-0.15, -0.1) is 6.58 Å². The van der Waals surface area contributed by atoms with Crippen LogP contribution in [0.25, 0.3) is 0 Å². The van der Waals surface area contributed by atoms with Crippen LogP contribution in [0.5, 0.6) is 0 Å². The Balaban J connectivity index is 1.66. The average molecular weight is 483 g/mol. The lowest BCUT2D eigenvalue weighted by atomic mass is 10.0. The predicted molar refractivity (Wildman–Crippen MR) is 147 cm³/mol. The van der Waals surface area contributed by atoms with Crippen LogP contribution in [0, 0.1) is 5.41 Å². The molecule has 7 nitrogen and oxygen atoms in total. The van der Waals surface area contributed by atoms with Crippen LogP contribution in [-0.2, 0) is 4.79 Å². The van der Waals surface area contributed by atoms with E-state index in [4.69, 9.17) is 10.4 Å². The third kappa shape index (κ3) is 8.64. The molecule has 0 aromatic carbocycles. The molecule has 0 spiro atoms. The number of pyridine rings is 1. The number of likely N-dealkylation sites (tertiary alicyclic amines) is 1. The summed E-state index contributed by atoms with van der Waals surface area (Å²) in [4.78, 5) is 22.8. The third-order valence-corrected chi connectivity index (χ3v) is 7.15. The minimum absolute atomic E-state index is 0.00469. The molecule has 7 heteroatoms. The number of hydrogen-bond donors (Lipinski definition) is 3. The van der Waals surface area contributed by atoms with Crippen LogP contribution in [0.3, 0.4) is 0 Å². The van der Waals surface area contributed by atoms with Crippen LogP contribution >= 0.6 is 0 Å². The molecule has 0 saturated carbocycles. The fourth-order valence-electron chi connectivity index (χ4n) is 5.06. The van der Waals surface area contributed by atoms with Crippen molar-refractivity contribution in [2.75, 3.05) is 49.5 Å². The van der Waals surface area contributed by atoms with Crippen molar-refractivity contribution in [1.29, 1.82) is 5.41 Å². The number of nitrogens with one attached hydrogen (secondary N) is 3. The molecule has 0 radical (unpaired) electrons. The normalized spacial score (nSPS) is 17.6. The second-order valence-electron chi connectivity index (χ2n) is 10.00. The predicted octanol–water partition coefficient (Wildman–Crippen LogP) is 4.98. The van der Waals surface area contributed by atoms with Crippen LogP contribution in [-0.4, -0.2) is 66.8 Å². The zero-order chi connectivity index (χ0) is 24.9. The molecule has 2 aliphatic heterocycles. The first-order valence-electron chi connectivity index (χ1n) is 13.8. The molecule has 3 N–H and O–H groups in total. The lowest BCUT2D eigenvalue weighted by Gasteiger charge is -2.32. The number of aromatic nitrogens is 1. The molecule has 2 aliphatic rings. The molecule has 1 aromatic heterocycles. The first-order chi connectivity index (χ1) is 17.1. The standard InChI is InChI=1S/C28H46N6O/c1-3-5-6-7-10-17-30-27-24(13-14-25(32-27)34-19-11-8-9-12-20-34)26(29)28(35)31-23-15-21-33(18-4-2)22-16-23/h3,13-14,23,29H,1,4-12,15-22H2,2H3,(H,30,32)(H,31,35). The number of anilines is 2. The summed E-state index contributed by atoms with van der Waals surface area (Å²) in [6.45, 7) is 12.0. The Morgan fingerprint density at radius 2 is 1.86 bits per heavy atom. The molecule has 194 valence electrons. The Labute approximate surface area is 212 Å². The number of nitrogens with zero attached hydrogens (tertiary/aromatic N) is 3. The maximum absolute atomic E-state index is 13.0. The summed E-state index contributed by atoms with van der Waals surface area (Å²) >= 11 is 0. The van der Waals surface area contributed by atoms with Gasteiger partial charge in [0.2, 0.25) is 0 Å². The smallest absolute Gasteiger partial charge is 0.270 e. The molecule has 1 amide bonds. The zero-order valence-electron chi connectivity index (χ0n) is 21.8. The Morgan fingerprint density at radius 3 is 2.54 bits per heavy atom. The topological polar surface area (TPSA) is 84.4 Å². The molecule has 3 rings (SSSR count). The second-order valence-corrected chi connectivity index (χ2v) is 10.00. The van der Waals surface area contributed by atoms with Crippen LogP contribution in [0.2, 0.25) is 0 Å². The van der Waals surface area contributed by atoms with Crippen molar-refractivity contribution in [1.82, 2.24) is 15.2 Å². The molecular formula is C28H46N6O. The zero-order valence-corrected chi connectivity index (χ0v) is 21.8. The van der Waals surface area contributed by atoms with Gasteiger partial charge in [0, 0.05) is 44.3 Å². The highest BCUT2D eigenvalue weighted by Gasteiger charge is 2.24. The Hall–Kier alpha value is -2.41. The van der Waals surface area contributed by atoms with E-state index in [0.717, 1.165) is 90.0 Å². The van der Waals surface area contributed by atoms with Gasteiger partial charge in [0.25, 0.3) is 5.91 Å². The first kappa shape index (κ1) is 27.2. The van der Waals surface area contributed by atoms with Crippen molar-refractivity contribution in [3.05, 3.63) is 30.4 Å². The highest BCUT2D eigenvalue weighted by Crippen LogP contribution is 2.23. The van der Waals surface area contributed by atoms with Gasteiger partial charge in [-0.25, -0.2) is 4.98 Å². The molecule has 0 bridgehead atoms. The lowest BCUT2D eigenvalue weighted by molar-refractivity contribution is -0.115. The minimum atomic E-state index is -0.294. The van der Waals surface area contributed by atoms with E-state index in [1.165, 1.54) is 25.7 Å². The number of carbonyl (C=O) groups is 1. The average Bonchev–Trinajstić information content (AvgIpc) is 3.17. The lowest BCUT2D eigenvalue weighted by Crippen LogP contribution is -2.46. The summed E-state index contributed by atoms with van der Waals surface area (Å²) in [7, 11) is 0. The number of amides is 1. The van der Waals surface area contributed by atoms with E-state index in [1.807, 2.05) is 18.2 Å². The highest BCUT2D eigenvalue weighted by atomic mass is 16.1. The van der Waals surface area contributed by atoms with Gasteiger partial charge < -0.3 is 20.4 Å². The van der Waals surface area contributed by atoms with E-state index in [1.54, 1.807) is 0 Å². The van der Waals surface area contributed by atoms with Crippen LogP contribution in [0.1, 0.15) is 83.1 Å². The second kappa shape index (κ2) is 14.9. The summed E-state index contributed by atoms with van der Waals surface area (Å²) in [6, 6.07) is 4.04. The molecular weight excluding hydrogens is 436 g/mol.